The van der Waals surface area contributed by atoms with Gasteiger partial charge >= 0.3 is 0 Å². The van der Waals surface area contributed by atoms with E-state index in [1.165, 1.54) is 11.1 Å². The van der Waals surface area contributed by atoms with Crippen molar-refractivity contribution in [3.8, 4) is 5.75 Å². The van der Waals surface area contributed by atoms with Crippen LogP contribution in [0.3, 0.4) is 0 Å². The topological polar surface area (TPSA) is 12.5 Å². The zero-order valence-corrected chi connectivity index (χ0v) is 13.8. The molecule has 1 aliphatic rings. The van der Waals surface area contributed by atoms with Gasteiger partial charge in [0.2, 0.25) is 0 Å². The number of hydrogen-bond donors (Lipinski definition) is 0. The first kappa shape index (κ1) is 16.1. The van der Waals surface area contributed by atoms with Gasteiger partial charge in [0.15, 0.2) is 0 Å². The van der Waals surface area contributed by atoms with Gasteiger partial charge < -0.3 is 9.64 Å². The first-order chi connectivity index (χ1) is 11.9. The molecule has 24 heavy (non-hydrogen) atoms. The highest BCUT2D eigenvalue weighted by molar-refractivity contribution is 5.31. The van der Waals surface area contributed by atoms with Crippen LogP contribution in [0.15, 0.2) is 91.2 Å². The number of hydrogen-bond acceptors (Lipinski definition) is 2. The summed E-state index contributed by atoms with van der Waals surface area (Å²) in [6.45, 7) is 2.47. The Morgan fingerprint density at radius 1 is 0.792 bits per heavy atom. The van der Waals surface area contributed by atoms with Gasteiger partial charge in [0, 0.05) is 6.54 Å². The Kier molecular flexibility index (Phi) is 5.90. The Morgan fingerprint density at radius 3 is 2.38 bits per heavy atom. The zero-order chi connectivity index (χ0) is 16.5. The first-order valence-corrected chi connectivity index (χ1v) is 8.40. The Hall–Kier alpha value is -2.74. The summed E-state index contributed by atoms with van der Waals surface area (Å²) < 4.78 is 5.87. The third kappa shape index (κ3) is 5.17. The molecule has 3 rings (SSSR count). The van der Waals surface area contributed by atoms with Crippen LogP contribution in [-0.2, 0) is 6.42 Å². The second-order valence-corrected chi connectivity index (χ2v) is 5.80. The van der Waals surface area contributed by atoms with Crippen molar-refractivity contribution in [2.24, 2.45) is 0 Å². The van der Waals surface area contributed by atoms with Crippen molar-refractivity contribution < 1.29 is 4.74 Å². The molecule has 0 saturated carbocycles. The van der Waals surface area contributed by atoms with Crippen molar-refractivity contribution in [2.45, 2.75) is 6.42 Å². The molecule has 2 nitrogen and oxygen atoms in total. The number of allylic oxidation sites excluding steroid dienone is 4. The molecule has 122 valence electrons. The van der Waals surface area contributed by atoms with Gasteiger partial charge in [0.05, 0.1) is 6.54 Å². The Morgan fingerprint density at radius 2 is 1.54 bits per heavy atom. The normalized spacial score (nSPS) is 14.9. The van der Waals surface area contributed by atoms with Crippen molar-refractivity contribution in [3.05, 3.63) is 102 Å². The largest absolute Gasteiger partial charge is 0.492 e. The summed E-state index contributed by atoms with van der Waals surface area (Å²) in [4.78, 5) is 2.24. The molecule has 2 aromatic carbocycles. The molecule has 0 aliphatic carbocycles. The molecule has 0 atom stereocenters. The predicted octanol–water partition coefficient (Wildman–Crippen LogP) is 4.60. The van der Waals surface area contributed by atoms with Crippen LogP contribution >= 0.6 is 0 Å². The highest BCUT2D eigenvalue weighted by atomic mass is 16.5. The molecule has 0 bridgehead atoms. The summed E-state index contributed by atoms with van der Waals surface area (Å²) >= 11 is 0. The second kappa shape index (κ2) is 8.78. The maximum absolute atomic E-state index is 5.87. The van der Waals surface area contributed by atoms with E-state index in [9.17, 15) is 0 Å². The van der Waals surface area contributed by atoms with Crippen molar-refractivity contribution in [2.75, 3.05) is 19.7 Å². The van der Waals surface area contributed by atoms with E-state index in [-0.39, 0.29) is 0 Å². The van der Waals surface area contributed by atoms with Crippen LogP contribution in [0.1, 0.15) is 11.1 Å². The lowest BCUT2D eigenvalue weighted by Gasteiger charge is -2.19. The lowest BCUT2D eigenvalue weighted by Crippen LogP contribution is -2.23. The van der Waals surface area contributed by atoms with Crippen LogP contribution in [0.25, 0.3) is 0 Å². The highest BCUT2D eigenvalue weighted by Crippen LogP contribution is 2.15. The molecule has 0 unspecified atom stereocenters. The standard InChI is InChI=1S/C22H23NO/c1-2-7-15-23(16-8-3-1)17-18-24-22-13-11-21(12-14-22)19-20-9-5-4-6-10-20/h1-15H,16-19H2/b2-1?,8-3?,15-7-. The third-order valence-electron chi connectivity index (χ3n) is 3.93. The monoisotopic (exact) mass is 317 g/mol. The van der Waals surface area contributed by atoms with Crippen LogP contribution in [0.5, 0.6) is 5.75 Å². The van der Waals surface area contributed by atoms with Crippen molar-refractivity contribution in [3.63, 3.8) is 0 Å². The van der Waals surface area contributed by atoms with Gasteiger partial charge in [-0.2, -0.15) is 0 Å². The van der Waals surface area contributed by atoms with Gasteiger partial charge in [-0.3, -0.25) is 0 Å². The number of ether oxygens (including phenoxy) is 1. The summed E-state index contributed by atoms with van der Waals surface area (Å²) in [7, 11) is 0. The van der Waals surface area contributed by atoms with Gasteiger partial charge in [-0.1, -0.05) is 66.8 Å². The molecule has 0 spiro atoms. The molecular formula is C22H23NO. The van der Waals surface area contributed by atoms with Crippen molar-refractivity contribution in [1.29, 1.82) is 0 Å². The van der Waals surface area contributed by atoms with E-state index in [2.05, 4.69) is 77.9 Å². The molecule has 1 aliphatic heterocycles. The molecule has 0 radical (unpaired) electrons. The predicted molar refractivity (Wildman–Crippen MR) is 100 cm³/mol. The van der Waals surface area contributed by atoms with E-state index in [1.807, 2.05) is 18.2 Å². The van der Waals surface area contributed by atoms with Gasteiger partial charge in [-0.25, -0.2) is 0 Å². The lowest BCUT2D eigenvalue weighted by atomic mass is 10.1. The first-order valence-electron chi connectivity index (χ1n) is 8.40. The molecule has 2 heteroatoms. The van der Waals surface area contributed by atoms with Crippen LogP contribution in [0, 0.1) is 0 Å². The quantitative estimate of drug-likeness (QED) is 0.772. The minimum atomic E-state index is 0.680. The number of rotatable bonds is 6. The smallest absolute Gasteiger partial charge is 0.119 e. The Balaban J connectivity index is 1.47. The second-order valence-electron chi connectivity index (χ2n) is 5.80. The SMILES string of the molecule is C1=C/C=C\N(CCOc2ccc(Cc3ccccc3)cc2)CC=C1. The Labute approximate surface area is 144 Å². The van der Waals surface area contributed by atoms with Crippen LogP contribution in [-0.4, -0.2) is 24.6 Å². The third-order valence-corrected chi connectivity index (χ3v) is 3.93. The maximum Gasteiger partial charge on any atom is 0.119 e. The Bertz CT molecular complexity index is 699. The van der Waals surface area contributed by atoms with E-state index in [1.54, 1.807) is 0 Å². The van der Waals surface area contributed by atoms with E-state index in [4.69, 9.17) is 4.74 Å². The van der Waals surface area contributed by atoms with Gasteiger partial charge in [-0.05, 0) is 42.0 Å². The zero-order valence-electron chi connectivity index (χ0n) is 13.8. The molecule has 0 fully saturated rings. The summed E-state index contributed by atoms with van der Waals surface area (Å²) in [5.41, 5.74) is 2.63. The fourth-order valence-corrected chi connectivity index (χ4v) is 2.62. The molecule has 0 amide bonds. The van der Waals surface area contributed by atoms with Crippen LogP contribution in [0.2, 0.25) is 0 Å². The minimum Gasteiger partial charge on any atom is -0.492 e. The molecule has 2 aromatic rings. The highest BCUT2D eigenvalue weighted by Gasteiger charge is 2.00. The van der Waals surface area contributed by atoms with Gasteiger partial charge in [0.1, 0.15) is 12.4 Å². The van der Waals surface area contributed by atoms with Crippen molar-refractivity contribution in [1.82, 2.24) is 4.90 Å². The van der Waals surface area contributed by atoms with E-state index < -0.39 is 0 Å². The number of nitrogens with zero attached hydrogens (tertiary/aromatic N) is 1. The fourth-order valence-electron chi connectivity index (χ4n) is 2.62. The molecule has 0 N–H and O–H groups in total. The van der Waals surface area contributed by atoms with Crippen LogP contribution < -0.4 is 4.74 Å². The van der Waals surface area contributed by atoms with Gasteiger partial charge in [0.25, 0.3) is 0 Å². The lowest BCUT2D eigenvalue weighted by molar-refractivity contribution is 0.264. The summed E-state index contributed by atoms with van der Waals surface area (Å²) in [6, 6.07) is 18.9. The molecule has 0 saturated heterocycles. The van der Waals surface area contributed by atoms with E-state index in [0.717, 1.165) is 25.3 Å². The molecule has 1 heterocycles. The average Bonchev–Trinajstić information content (AvgIpc) is 2.59. The minimum absolute atomic E-state index is 0.680. The maximum atomic E-state index is 5.87. The van der Waals surface area contributed by atoms with E-state index in [0.29, 0.717) is 6.61 Å². The summed E-state index contributed by atoms with van der Waals surface area (Å²) in [5.74, 6) is 0.929. The van der Waals surface area contributed by atoms with Gasteiger partial charge in [-0.15, -0.1) is 0 Å². The van der Waals surface area contributed by atoms with Crippen molar-refractivity contribution >= 4 is 0 Å². The average molecular weight is 317 g/mol. The number of benzene rings is 2. The summed E-state index contributed by atoms with van der Waals surface area (Å²) in [6.07, 6.45) is 13.4. The molecular weight excluding hydrogens is 294 g/mol. The van der Waals surface area contributed by atoms with Crippen LogP contribution in [0.4, 0.5) is 0 Å². The molecule has 0 aromatic heterocycles. The summed E-state index contributed by atoms with van der Waals surface area (Å²) in [5, 5.41) is 0. The fraction of sp³-hybridized carbons (Fsp3) is 0.182. The van der Waals surface area contributed by atoms with E-state index >= 15 is 0 Å².